The van der Waals surface area contributed by atoms with Crippen LogP contribution < -0.4 is 10.6 Å². The number of aromatic nitrogens is 1. The standard InChI is InChI=1S/C16H21N3O3S/c1-4-5-6-12(20)19(10(2)3)16-13(15(17)21)14(18-22-16)11-7-8-23-9-11/h7-10H,4-6H2,1-3H3,(H2,17,21). The molecule has 0 aliphatic carbocycles. The van der Waals surface area contributed by atoms with Gasteiger partial charge in [0, 0.05) is 23.4 Å². The molecule has 0 aliphatic rings. The Labute approximate surface area is 139 Å². The highest BCUT2D eigenvalue weighted by Gasteiger charge is 2.31. The summed E-state index contributed by atoms with van der Waals surface area (Å²) in [4.78, 5) is 25.9. The number of hydrogen-bond donors (Lipinski definition) is 1. The van der Waals surface area contributed by atoms with Gasteiger partial charge in [0.1, 0.15) is 11.3 Å². The molecular formula is C16H21N3O3S. The minimum absolute atomic E-state index is 0.0997. The number of unbranched alkanes of at least 4 members (excludes halogenated alkanes) is 1. The lowest BCUT2D eigenvalue weighted by molar-refractivity contribution is -0.119. The topological polar surface area (TPSA) is 89.4 Å². The van der Waals surface area contributed by atoms with Crippen LogP contribution in [0, 0.1) is 0 Å². The maximum atomic E-state index is 12.5. The Morgan fingerprint density at radius 1 is 1.43 bits per heavy atom. The highest BCUT2D eigenvalue weighted by atomic mass is 32.1. The summed E-state index contributed by atoms with van der Waals surface area (Å²) in [6.07, 6.45) is 2.08. The maximum absolute atomic E-state index is 12.5. The van der Waals surface area contributed by atoms with Crippen molar-refractivity contribution in [1.29, 1.82) is 0 Å². The zero-order chi connectivity index (χ0) is 17.0. The van der Waals surface area contributed by atoms with E-state index in [1.165, 1.54) is 16.2 Å². The molecule has 0 aromatic carbocycles. The van der Waals surface area contributed by atoms with E-state index in [2.05, 4.69) is 5.16 Å². The molecule has 0 spiro atoms. The summed E-state index contributed by atoms with van der Waals surface area (Å²) in [6, 6.07) is 1.66. The molecule has 2 aromatic heterocycles. The Hall–Kier alpha value is -2.15. The van der Waals surface area contributed by atoms with Gasteiger partial charge in [-0.1, -0.05) is 18.5 Å². The molecule has 2 heterocycles. The van der Waals surface area contributed by atoms with E-state index in [1.54, 1.807) is 0 Å². The number of rotatable bonds is 7. The van der Waals surface area contributed by atoms with Crippen molar-refractivity contribution in [2.75, 3.05) is 4.90 Å². The van der Waals surface area contributed by atoms with Gasteiger partial charge in [-0.05, 0) is 31.7 Å². The number of nitrogens with zero attached hydrogens (tertiary/aromatic N) is 2. The summed E-state index contributed by atoms with van der Waals surface area (Å²) in [5.41, 5.74) is 6.82. The molecule has 0 saturated heterocycles. The fraction of sp³-hybridized carbons (Fsp3) is 0.438. The smallest absolute Gasteiger partial charge is 0.256 e. The Morgan fingerprint density at radius 3 is 2.70 bits per heavy atom. The number of amides is 2. The molecule has 0 bridgehead atoms. The highest BCUT2D eigenvalue weighted by molar-refractivity contribution is 7.08. The van der Waals surface area contributed by atoms with Crippen LogP contribution in [0.3, 0.4) is 0 Å². The summed E-state index contributed by atoms with van der Waals surface area (Å²) in [5.74, 6) is -0.622. The fourth-order valence-corrected chi connectivity index (χ4v) is 2.99. The van der Waals surface area contributed by atoms with E-state index in [0.717, 1.165) is 18.4 Å². The van der Waals surface area contributed by atoms with Gasteiger partial charge in [0.05, 0.1) is 0 Å². The lowest BCUT2D eigenvalue weighted by atomic mass is 10.1. The van der Waals surface area contributed by atoms with Crippen molar-refractivity contribution in [3.63, 3.8) is 0 Å². The summed E-state index contributed by atoms with van der Waals surface area (Å²) in [6.45, 7) is 5.74. The Kier molecular flexibility index (Phi) is 5.54. The molecule has 0 radical (unpaired) electrons. The first-order valence-corrected chi connectivity index (χ1v) is 8.55. The van der Waals surface area contributed by atoms with Crippen molar-refractivity contribution in [2.24, 2.45) is 5.73 Å². The predicted molar refractivity (Wildman–Crippen MR) is 90.5 cm³/mol. The maximum Gasteiger partial charge on any atom is 0.256 e. The number of primary amides is 1. The van der Waals surface area contributed by atoms with Crippen molar-refractivity contribution >= 4 is 29.0 Å². The third-order valence-corrected chi connectivity index (χ3v) is 4.15. The van der Waals surface area contributed by atoms with E-state index in [0.29, 0.717) is 12.1 Å². The Bertz CT molecular complexity index is 677. The van der Waals surface area contributed by atoms with E-state index < -0.39 is 5.91 Å². The molecule has 6 nitrogen and oxygen atoms in total. The van der Waals surface area contributed by atoms with Crippen molar-refractivity contribution in [2.45, 2.75) is 46.1 Å². The first-order chi connectivity index (χ1) is 11.0. The van der Waals surface area contributed by atoms with Gasteiger partial charge in [-0.2, -0.15) is 11.3 Å². The number of thiophene rings is 1. The molecule has 0 fully saturated rings. The zero-order valence-electron chi connectivity index (χ0n) is 13.5. The fourth-order valence-electron chi connectivity index (χ4n) is 2.35. The van der Waals surface area contributed by atoms with Crippen LogP contribution >= 0.6 is 11.3 Å². The predicted octanol–water partition coefficient (Wildman–Crippen LogP) is 3.43. The highest BCUT2D eigenvalue weighted by Crippen LogP contribution is 2.33. The summed E-state index contributed by atoms with van der Waals surface area (Å²) in [5, 5.41) is 7.71. The average Bonchev–Trinajstić information content (AvgIpc) is 3.13. The third-order valence-electron chi connectivity index (χ3n) is 3.46. The second-order valence-corrected chi connectivity index (χ2v) is 6.33. The van der Waals surface area contributed by atoms with Gasteiger partial charge >= 0.3 is 0 Å². The molecule has 23 heavy (non-hydrogen) atoms. The second kappa shape index (κ2) is 7.41. The minimum Gasteiger partial charge on any atom is -0.365 e. The normalized spacial score (nSPS) is 11.0. The van der Waals surface area contributed by atoms with Crippen LogP contribution in [0.25, 0.3) is 11.3 Å². The number of nitrogens with two attached hydrogens (primary N) is 1. The van der Waals surface area contributed by atoms with Crippen LogP contribution in [-0.4, -0.2) is 23.0 Å². The molecule has 0 aliphatic heterocycles. The molecule has 2 N–H and O–H groups in total. The van der Waals surface area contributed by atoms with Gasteiger partial charge in [0.2, 0.25) is 11.8 Å². The quantitative estimate of drug-likeness (QED) is 0.839. The van der Waals surface area contributed by atoms with E-state index in [9.17, 15) is 9.59 Å². The average molecular weight is 335 g/mol. The van der Waals surface area contributed by atoms with Gasteiger partial charge in [-0.3, -0.25) is 14.5 Å². The van der Waals surface area contributed by atoms with Gasteiger partial charge in [0.15, 0.2) is 0 Å². The van der Waals surface area contributed by atoms with E-state index in [4.69, 9.17) is 10.3 Å². The van der Waals surface area contributed by atoms with Crippen LogP contribution in [0.5, 0.6) is 0 Å². The molecule has 2 amide bonds. The molecule has 0 unspecified atom stereocenters. The molecule has 7 heteroatoms. The first-order valence-electron chi connectivity index (χ1n) is 7.61. The van der Waals surface area contributed by atoms with Crippen LogP contribution in [-0.2, 0) is 4.79 Å². The van der Waals surface area contributed by atoms with Crippen molar-refractivity contribution in [1.82, 2.24) is 5.16 Å². The number of hydrogen-bond acceptors (Lipinski definition) is 5. The third kappa shape index (κ3) is 3.61. The summed E-state index contributed by atoms with van der Waals surface area (Å²) in [7, 11) is 0. The van der Waals surface area contributed by atoms with Crippen LogP contribution in [0.2, 0.25) is 0 Å². The van der Waals surface area contributed by atoms with E-state index in [-0.39, 0.29) is 23.4 Å². The molecule has 124 valence electrons. The number of carbonyl (C=O) groups is 2. The van der Waals surface area contributed by atoms with Crippen LogP contribution in [0.15, 0.2) is 21.3 Å². The SMILES string of the molecule is CCCCC(=O)N(c1onc(-c2ccsc2)c1C(N)=O)C(C)C. The Balaban J connectivity index is 2.48. The lowest BCUT2D eigenvalue weighted by Crippen LogP contribution is -2.38. The Morgan fingerprint density at radius 2 is 2.17 bits per heavy atom. The molecule has 2 aromatic rings. The molecule has 2 rings (SSSR count). The van der Waals surface area contributed by atoms with Crippen LogP contribution in [0.1, 0.15) is 50.4 Å². The molecule has 0 saturated carbocycles. The first kappa shape index (κ1) is 17.2. The molecular weight excluding hydrogens is 314 g/mol. The monoisotopic (exact) mass is 335 g/mol. The van der Waals surface area contributed by atoms with Crippen molar-refractivity contribution < 1.29 is 14.1 Å². The van der Waals surface area contributed by atoms with E-state index >= 15 is 0 Å². The van der Waals surface area contributed by atoms with Crippen molar-refractivity contribution in [3.8, 4) is 11.3 Å². The summed E-state index contributed by atoms with van der Waals surface area (Å²) >= 11 is 1.48. The van der Waals surface area contributed by atoms with Gasteiger partial charge in [-0.15, -0.1) is 0 Å². The lowest BCUT2D eigenvalue weighted by Gasteiger charge is -2.24. The van der Waals surface area contributed by atoms with Gasteiger partial charge in [-0.25, -0.2) is 0 Å². The van der Waals surface area contributed by atoms with Gasteiger partial charge in [0.25, 0.3) is 5.91 Å². The van der Waals surface area contributed by atoms with E-state index in [1.807, 2.05) is 37.6 Å². The number of carbonyl (C=O) groups excluding carboxylic acids is 2. The second-order valence-electron chi connectivity index (χ2n) is 5.55. The van der Waals surface area contributed by atoms with Crippen molar-refractivity contribution in [3.05, 3.63) is 22.4 Å². The minimum atomic E-state index is -0.656. The number of anilines is 1. The van der Waals surface area contributed by atoms with Gasteiger partial charge < -0.3 is 10.3 Å². The zero-order valence-corrected chi connectivity index (χ0v) is 14.4. The largest absolute Gasteiger partial charge is 0.365 e. The molecule has 0 atom stereocenters. The summed E-state index contributed by atoms with van der Waals surface area (Å²) < 4.78 is 5.36. The van der Waals surface area contributed by atoms with Crippen LogP contribution in [0.4, 0.5) is 5.88 Å².